The van der Waals surface area contributed by atoms with Crippen molar-refractivity contribution in [3.8, 4) is 0 Å². The lowest BCUT2D eigenvalue weighted by atomic mass is 11.0. The molecule has 50 valence electrons. The van der Waals surface area contributed by atoms with Crippen LogP contribution in [0.5, 0.6) is 0 Å². The molecular weight excluding hydrogens is 152 g/mol. The van der Waals surface area contributed by atoms with Crippen LogP contribution in [0.3, 0.4) is 0 Å². The fourth-order valence-corrected chi connectivity index (χ4v) is 1.18. The van der Waals surface area contributed by atoms with E-state index in [1.54, 1.807) is 5.51 Å². The van der Waals surface area contributed by atoms with Crippen LogP contribution in [0, 0.1) is 0 Å². The van der Waals surface area contributed by atoms with Gasteiger partial charge in [0.2, 0.25) is 4.96 Å². The van der Waals surface area contributed by atoms with Crippen LogP contribution in [0.4, 0.5) is 0 Å². The van der Waals surface area contributed by atoms with Crippen molar-refractivity contribution in [1.82, 2.24) is 19.6 Å². The normalized spacial score (nSPS) is 10.4. The number of nitrogens with zero attached hydrogens (tertiary/aromatic N) is 4. The van der Waals surface area contributed by atoms with Gasteiger partial charge in [0.1, 0.15) is 11.8 Å². The van der Waals surface area contributed by atoms with Gasteiger partial charge in [-0.15, -0.1) is 0 Å². The van der Waals surface area contributed by atoms with Crippen LogP contribution >= 0.6 is 11.3 Å². The highest BCUT2D eigenvalue weighted by Crippen LogP contribution is 1.98. The minimum absolute atomic E-state index is 0.383. The smallest absolute Gasteiger partial charge is 0.243 e. The second kappa shape index (κ2) is 1.84. The van der Waals surface area contributed by atoms with Gasteiger partial charge in [0, 0.05) is 0 Å². The molecule has 0 aromatic carbocycles. The first kappa shape index (κ1) is 5.48. The van der Waals surface area contributed by atoms with E-state index in [0.29, 0.717) is 4.96 Å². The van der Waals surface area contributed by atoms with Crippen molar-refractivity contribution in [3.63, 3.8) is 0 Å². The molecule has 0 spiro atoms. The molecule has 2 rings (SSSR count). The lowest BCUT2D eigenvalue weighted by molar-refractivity contribution is 0.841. The molecular formula is C4H2N4OS. The van der Waals surface area contributed by atoms with Gasteiger partial charge in [0.25, 0.3) is 0 Å². The maximum atomic E-state index is 10.8. The zero-order valence-corrected chi connectivity index (χ0v) is 5.58. The van der Waals surface area contributed by atoms with Crippen LogP contribution in [-0.4, -0.2) is 19.6 Å². The highest BCUT2D eigenvalue weighted by molar-refractivity contribution is 7.14. The van der Waals surface area contributed by atoms with Crippen LogP contribution in [0.2, 0.25) is 0 Å². The third-order valence-corrected chi connectivity index (χ3v) is 1.71. The molecule has 0 fully saturated rings. The summed E-state index contributed by atoms with van der Waals surface area (Å²) in [6.45, 7) is 0. The average molecular weight is 154 g/mol. The van der Waals surface area contributed by atoms with Crippen LogP contribution in [0.25, 0.3) is 4.96 Å². The van der Waals surface area contributed by atoms with Gasteiger partial charge in [0.15, 0.2) is 0 Å². The third kappa shape index (κ3) is 0.623. The summed E-state index contributed by atoms with van der Waals surface area (Å²) >= 11 is 1.30. The Hall–Kier alpha value is -1.30. The molecule has 0 unspecified atom stereocenters. The first-order valence-corrected chi connectivity index (χ1v) is 3.39. The van der Waals surface area contributed by atoms with Crippen LogP contribution in [0.1, 0.15) is 0 Å². The number of hydrogen-bond donors (Lipinski definition) is 0. The molecule has 0 bridgehead atoms. The van der Waals surface area contributed by atoms with Gasteiger partial charge in [-0.05, 0) is 0 Å². The Bertz CT molecular complexity index is 405. The highest BCUT2D eigenvalue weighted by atomic mass is 32.1. The molecule has 0 atom stereocenters. The zero-order valence-electron chi connectivity index (χ0n) is 4.76. The van der Waals surface area contributed by atoms with E-state index in [1.807, 2.05) is 0 Å². The van der Waals surface area contributed by atoms with Gasteiger partial charge in [-0.3, -0.25) is 0 Å². The molecule has 2 aromatic heterocycles. The van der Waals surface area contributed by atoms with Gasteiger partial charge >= 0.3 is 5.69 Å². The summed E-state index contributed by atoms with van der Waals surface area (Å²) in [6.07, 6.45) is 1.23. The predicted octanol–water partition coefficient (Wildman–Crippen LogP) is -0.454. The van der Waals surface area contributed by atoms with Crippen molar-refractivity contribution in [2.75, 3.05) is 0 Å². The monoisotopic (exact) mass is 154 g/mol. The fraction of sp³-hybridized carbons (Fsp3) is 0. The molecule has 2 aromatic rings. The summed E-state index contributed by atoms with van der Waals surface area (Å²) in [5.74, 6) is 0. The quantitative estimate of drug-likeness (QED) is 0.515. The number of fused-ring (bicyclic) bond motifs is 1. The minimum atomic E-state index is -0.383. The molecule has 0 radical (unpaired) electrons. The summed E-state index contributed by atoms with van der Waals surface area (Å²) in [4.78, 5) is 18.6. The van der Waals surface area contributed by atoms with Gasteiger partial charge in [-0.2, -0.15) is 14.6 Å². The van der Waals surface area contributed by atoms with Crippen molar-refractivity contribution < 1.29 is 0 Å². The van der Waals surface area contributed by atoms with E-state index in [9.17, 15) is 4.79 Å². The standard InChI is InChI=1S/C4H2N4OS/c9-3-5-1-6-4-8(3)7-2-10-4/h1-2H. The topological polar surface area (TPSA) is 60.2 Å². The number of aromatic nitrogens is 4. The summed E-state index contributed by atoms with van der Waals surface area (Å²) in [7, 11) is 0. The maximum Gasteiger partial charge on any atom is 0.372 e. The summed E-state index contributed by atoms with van der Waals surface area (Å²) in [6, 6.07) is 0. The average Bonchev–Trinajstić information content (AvgIpc) is 2.36. The first-order valence-electron chi connectivity index (χ1n) is 2.51. The molecule has 6 heteroatoms. The fourth-order valence-electron chi connectivity index (χ4n) is 0.616. The van der Waals surface area contributed by atoms with Gasteiger partial charge < -0.3 is 0 Å². The SMILES string of the molecule is O=c1ncnc2scnn12. The van der Waals surface area contributed by atoms with E-state index < -0.39 is 0 Å². The molecule has 0 saturated heterocycles. The van der Waals surface area contributed by atoms with E-state index in [4.69, 9.17) is 0 Å². The second-order valence-corrected chi connectivity index (χ2v) is 2.40. The van der Waals surface area contributed by atoms with E-state index in [2.05, 4.69) is 15.1 Å². The van der Waals surface area contributed by atoms with E-state index in [1.165, 1.54) is 17.7 Å². The van der Waals surface area contributed by atoms with E-state index in [0.717, 1.165) is 4.52 Å². The van der Waals surface area contributed by atoms with Crippen LogP contribution < -0.4 is 5.69 Å². The van der Waals surface area contributed by atoms with Crippen molar-refractivity contribution in [2.45, 2.75) is 0 Å². The molecule has 0 aliphatic carbocycles. The lowest BCUT2D eigenvalue weighted by Gasteiger charge is -1.82. The second-order valence-electron chi connectivity index (χ2n) is 1.59. The van der Waals surface area contributed by atoms with Crippen molar-refractivity contribution >= 4 is 16.3 Å². The Morgan fingerprint density at radius 2 is 2.40 bits per heavy atom. The van der Waals surface area contributed by atoms with Gasteiger partial charge in [-0.1, -0.05) is 11.3 Å². The summed E-state index contributed by atoms with van der Waals surface area (Å²) < 4.78 is 1.16. The Balaban J connectivity index is 3.09. The van der Waals surface area contributed by atoms with Crippen LogP contribution in [0.15, 0.2) is 16.6 Å². The molecule has 0 N–H and O–H groups in total. The number of rotatable bonds is 0. The molecule has 5 nitrogen and oxygen atoms in total. The Morgan fingerprint density at radius 1 is 1.50 bits per heavy atom. The van der Waals surface area contributed by atoms with Crippen molar-refractivity contribution in [1.29, 1.82) is 0 Å². The molecule has 0 aliphatic heterocycles. The minimum Gasteiger partial charge on any atom is -0.243 e. The van der Waals surface area contributed by atoms with E-state index in [-0.39, 0.29) is 5.69 Å². The molecule has 0 amide bonds. The van der Waals surface area contributed by atoms with Crippen LogP contribution in [-0.2, 0) is 0 Å². The number of hydrogen-bond acceptors (Lipinski definition) is 5. The van der Waals surface area contributed by atoms with Gasteiger partial charge in [0.05, 0.1) is 0 Å². The predicted molar refractivity (Wildman–Crippen MR) is 34.9 cm³/mol. The summed E-state index contributed by atoms with van der Waals surface area (Å²) in [5.41, 5.74) is 1.16. The third-order valence-electron chi connectivity index (χ3n) is 1.02. The molecule has 0 aliphatic rings. The lowest BCUT2D eigenvalue weighted by Crippen LogP contribution is -2.16. The Kier molecular flexibility index (Phi) is 1.01. The van der Waals surface area contributed by atoms with Crippen molar-refractivity contribution in [3.05, 3.63) is 22.3 Å². The largest absolute Gasteiger partial charge is 0.372 e. The maximum absolute atomic E-state index is 10.8. The molecule has 10 heavy (non-hydrogen) atoms. The van der Waals surface area contributed by atoms with Crippen molar-refractivity contribution in [2.24, 2.45) is 0 Å². The Labute approximate surface area is 59.0 Å². The summed E-state index contributed by atoms with van der Waals surface area (Å²) in [5, 5.41) is 3.72. The zero-order chi connectivity index (χ0) is 6.97. The highest BCUT2D eigenvalue weighted by Gasteiger charge is 1.96. The molecule has 2 heterocycles. The molecule has 0 saturated carbocycles. The van der Waals surface area contributed by atoms with E-state index >= 15 is 0 Å². The first-order chi connectivity index (χ1) is 4.88. The Morgan fingerprint density at radius 3 is 3.20 bits per heavy atom. The van der Waals surface area contributed by atoms with Gasteiger partial charge in [-0.25, -0.2) is 9.78 Å².